The van der Waals surface area contributed by atoms with E-state index in [1.54, 1.807) is 19.0 Å². The number of nitrogen functional groups attached to an aromatic ring is 1. The number of nitrogens with zero attached hydrogens (tertiary/aromatic N) is 5. The smallest absolute Gasteiger partial charge is 0.236 e. The highest BCUT2D eigenvalue weighted by Crippen LogP contribution is 2.36. The van der Waals surface area contributed by atoms with E-state index in [9.17, 15) is 4.79 Å². The summed E-state index contributed by atoms with van der Waals surface area (Å²) in [5.41, 5.74) is 11.5. The molecule has 158 valence electrons. The highest BCUT2D eigenvalue weighted by molar-refractivity contribution is 5.88. The Kier molecular flexibility index (Phi) is 5.59. The second-order valence-electron chi connectivity index (χ2n) is 8.05. The van der Waals surface area contributed by atoms with Crippen LogP contribution in [0.25, 0.3) is 16.6 Å². The van der Waals surface area contributed by atoms with Crippen molar-refractivity contribution in [2.24, 2.45) is 0 Å². The molecule has 0 radical (unpaired) electrons. The normalized spacial score (nSPS) is 15.4. The van der Waals surface area contributed by atoms with Gasteiger partial charge in [0.15, 0.2) is 5.82 Å². The maximum atomic E-state index is 12.0. The first kappa shape index (κ1) is 20.2. The van der Waals surface area contributed by atoms with Crippen molar-refractivity contribution in [3.8, 4) is 11.1 Å². The molecule has 1 aromatic carbocycles. The van der Waals surface area contributed by atoms with E-state index in [1.807, 2.05) is 11.6 Å². The monoisotopic (exact) mass is 407 g/mol. The molecular weight excluding hydrogens is 378 g/mol. The number of carbonyl (C=O) groups is 1. The van der Waals surface area contributed by atoms with Crippen LogP contribution >= 0.6 is 0 Å². The van der Waals surface area contributed by atoms with Crippen molar-refractivity contribution in [2.75, 3.05) is 51.8 Å². The lowest BCUT2D eigenvalue weighted by Crippen LogP contribution is -2.40. The van der Waals surface area contributed by atoms with Gasteiger partial charge in [-0.05, 0) is 49.7 Å². The molecule has 0 bridgehead atoms. The Morgan fingerprint density at radius 1 is 1.23 bits per heavy atom. The zero-order valence-corrected chi connectivity index (χ0v) is 17.8. The van der Waals surface area contributed by atoms with Crippen LogP contribution in [0, 0.1) is 0 Å². The van der Waals surface area contributed by atoms with Gasteiger partial charge >= 0.3 is 0 Å². The van der Waals surface area contributed by atoms with Crippen molar-refractivity contribution in [3.63, 3.8) is 0 Å². The van der Waals surface area contributed by atoms with Crippen LogP contribution in [0.4, 0.5) is 11.5 Å². The van der Waals surface area contributed by atoms with Crippen molar-refractivity contribution < 1.29 is 4.79 Å². The van der Waals surface area contributed by atoms with Gasteiger partial charge in [0.25, 0.3) is 0 Å². The highest BCUT2D eigenvalue weighted by atomic mass is 16.2. The number of likely N-dealkylation sites (tertiary alicyclic amines) is 1. The van der Waals surface area contributed by atoms with Crippen LogP contribution < -0.4 is 11.1 Å². The Balaban J connectivity index is 1.62. The van der Waals surface area contributed by atoms with Gasteiger partial charge in [0.1, 0.15) is 11.8 Å². The molecule has 1 aliphatic rings. The van der Waals surface area contributed by atoms with Gasteiger partial charge in [-0.1, -0.05) is 12.1 Å². The fourth-order valence-electron chi connectivity index (χ4n) is 4.14. The maximum absolute atomic E-state index is 12.0. The lowest BCUT2D eigenvalue weighted by molar-refractivity contribution is -0.130. The SMILES string of the molecule is CNc1ccc(-c2cc(C3CCN(CC(=O)N(C)C)CC3)n3ncnc(N)c23)cc1. The van der Waals surface area contributed by atoms with Crippen LogP contribution in [-0.2, 0) is 4.79 Å². The topological polar surface area (TPSA) is 91.8 Å². The third-order valence-corrected chi connectivity index (χ3v) is 5.96. The molecule has 0 saturated carbocycles. The van der Waals surface area contributed by atoms with Gasteiger partial charge in [0.05, 0.1) is 6.54 Å². The summed E-state index contributed by atoms with van der Waals surface area (Å²) in [4.78, 5) is 20.1. The van der Waals surface area contributed by atoms with Crippen LogP contribution in [-0.4, -0.2) is 71.1 Å². The summed E-state index contributed by atoms with van der Waals surface area (Å²) in [6.07, 6.45) is 3.48. The number of fused-ring (bicyclic) bond motifs is 1. The van der Waals surface area contributed by atoms with E-state index >= 15 is 0 Å². The maximum Gasteiger partial charge on any atom is 0.236 e. The van der Waals surface area contributed by atoms with Crippen LogP contribution in [0.2, 0.25) is 0 Å². The number of nitrogens with two attached hydrogens (primary N) is 1. The van der Waals surface area contributed by atoms with Crippen molar-refractivity contribution in [3.05, 3.63) is 42.4 Å². The fourth-order valence-corrected chi connectivity index (χ4v) is 4.14. The first-order valence-electron chi connectivity index (χ1n) is 10.3. The van der Waals surface area contributed by atoms with E-state index < -0.39 is 0 Å². The van der Waals surface area contributed by atoms with Crippen LogP contribution in [0.1, 0.15) is 24.5 Å². The van der Waals surface area contributed by atoms with E-state index in [4.69, 9.17) is 5.73 Å². The first-order chi connectivity index (χ1) is 14.5. The quantitative estimate of drug-likeness (QED) is 0.674. The second kappa shape index (κ2) is 8.31. The molecule has 30 heavy (non-hydrogen) atoms. The standard InChI is InChI=1S/C22H29N7O/c1-24-17-6-4-15(5-7-17)18-12-19(29-21(18)22(23)25-14-26-29)16-8-10-28(11-9-16)13-20(30)27(2)3/h4-7,12,14,16,24H,8-11,13H2,1-3H3,(H2,23,25,26). The predicted octanol–water partition coefficient (Wildman–Crippen LogP) is 2.29. The van der Waals surface area contributed by atoms with E-state index in [2.05, 4.69) is 50.6 Å². The van der Waals surface area contributed by atoms with Crippen molar-refractivity contribution >= 4 is 22.9 Å². The molecule has 2 aromatic heterocycles. The molecular formula is C22H29N7O. The summed E-state index contributed by atoms with van der Waals surface area (Å²) in [5, 5.41) is 7.68. The second-order valence-corrected chi connectivity index (χ2v) is 8.05. The third kappa shape index (κ3) is 3.82. The molecule has 0 atom stereocenters. The Bertz CT molecular complexity index is 1030. The number of rotatable bonds is 5. The summed E-state index contributed by atoms with van der Waals surface area (Å²) in [5.74, 6) is 0.996. The van der Waals surface area contributed by atoms with Gasteiger partial charge in [0, 0.05) is 44.0 Å². The number of nitrogens with one attached hydrogen (secondary N) is 1. The van der Waals surface area contributed by atoms with Crippen LogP contribution in [0.5, 0.6) is 0 Å². The lowest BCUT2D eigenvalue weighted by Gasteiger charge is -2.31. The molecule has 1 saturated heterocycles. The number of hydrogen-bond acceptors (Lipinski definition) is 6. The van der Waals surface area contributed by atoms with Gasteiger partial charge < -0.3 is 16.0 Å². The van der Waals surface area contributed by atoms with E-state index in [0.29, 0.717) is 18.3 Å². The minimum Gasteiger partial charge on any atom is -0.388 e. The number of hydrogen-bond donors (Lipinski definition) is 2. The molecule has 1 aliphatic heterocycles. The molecule has 0 spiro atoms. The van der Waals surface area contributed by atoms with Crippen molar-refractivity contribution in [1.82, 2.24) is 24.4 Å². The first-order valence-corrected chi connectivity index (χ1v) is 10.3. The zero-order valence-electron chi connectivity index (χ0n) is 17.8. The summed E-state index contributed by atoms with van der Waals surface area (Å²) in [7, 11) is 5.51. The van der Waals surface area contributed by atoms with E-state index in [1.165, 1.54) is 6.33 Å². The molecule has 3 N–H and O–H groups in total. The molecule has 8 heteroatoms. The van der Waals surface area contributed by atoms with Gasteiger partial charge in [0.2, 0.25) is 5.91 Å². The average Bonchev–Trinajstić information content (AvgIpc) is 3.15. The van der Waals surface area contributed by atoms with Crippen molar-refractivity contribution in [1.29, 1.82) is 0 Å². The summed E-state index contributed by atoms with van der Waals surface area (Å²) < 4.78 is 1.95. The largest absolute Gasteiger partial charge is 0.388 e. The summed E-state index contributed by atoms with van der Waals surface area (Å²) in [6.45, 7) is 2.27. The average molecular weight is 408 g/mol. The molecule has 0 unspecified atom stereocenters. The van der Waals surface area contributed by atoms with E-state index in [-0.39, 0.29) is 5.91 Å². The summed E-state index contributed by atoms with van der Waals surface area (Å²) in [6, 6.07) is 10.5. The van der Waals surface area contributed by atoms with E-state index in [0.717, 1.165) is 54.0 Å². The number of piperidine rings is 1. The van der Waals surface area contributed by atoms with Crippen LogP contribution in [0.3, 0.4) is 0 Å². The van der Waals surface area contributed by atoms with Gasteiger partial charge in [-0.15, -0.1) is 0 Å². The number of anilines is 2. The minimum atomic E-state index is 0.148. The Labute approximate surface area is 176 Å². The number of aromatic nitrogens is 3. The highest BCUT2D eigenvalue weighted by Gasteiger charge is 2.26. The Morgan fingerprint density at radius 2 is 1.93 bits per heavy atom. The number of amides is 1. The Morgan fingerprint density at radius 3 is 2.57 bits per heavy atom. The third-order valence-electron chi connectivity index (χ3n) is 5.96. The molecule has 3 aromatic rings. The minimum absolute atomic E-state index is 0.148. The number of benzene rings is 1. The van der Waals surface area contributed by atoms with Crippen LogP contribution in [0.15, 0.2) is 36.7 Å². The predicted molar refractivity (Wildman–Crippen MR) is 119 cm³/mol. The van der Waals surface area contributed by atoms with Gasteiger partial charge in [-0.25, -0.2) is 9.50 Å². The molecule has 1 amide bonds. The zero-order chi connectivity index (χ0) is 21.3. The van der Waals surface area contributed by atoms with Crippen molar-refractivity contribution in [2.45, 2.75) is 18.8 Å². The molecule has 4 rings (SSSR count). The fraction of sp³-hybridized carbons (Fsp3) is 0.409. The lowest BCUT2D eigenvalue weighted by atomic mass is 9.93. The van der Waals surface area contributed by atoms with Gasteiger partial charge in [-0.2, -0.15) is 5.10 Å². The Hall–Kier alpha value is -3.13. The summed E-state index contributed by atoms with van der Waals surface area (Å²) >= 11 is 0. The molecule has 3 heterocycles. The number of likely N-dealkylation sites (N-methyl/N-ethyl adjacent to an activating group) is 1. The van der Waals surface area contributed by atoms with Gasteiger partial charge in [-0.3, -0.25) is 9.69 Å². The molecule has 1 fully saturated rings. The molecule has 8 nitrogen and oxygen atoms in total. The number of carbonyl (C=O) groups excluding carboxylic acids is 1. The molecule has 0 aliphatic carbocycles.